The number of amides is 2. The lowest BCUT2D eigenvalue weighted by Gasteiger charge is -2.34. The number of anilines is 1. The molecule has 0 spiro atoms. The van der Waals surface area contributed by atoms with Crippen molar-refractivity contribution in [3.05, 3.63) is 24.3 Å². The second kappa shape index (κ2) is 8.41. The summed E-state index contributed by atoms with van der Waals surface area (Å²) >= 11 is 1.63. The molecular weight excluding hydrogens is 298 g/mol. The van der Waals surface area contributed by atoms with Crippen LogP contribution in [0.3, 0.4) is 0 Å². The highest BCUT2D eigenvalue weighted by Crippen LogP contribution is 2.24. The molecule has 1 aliphatic heterocycles. The minimum atomic E-state index is -0.0680. The van der Waals surface area contributed by atoms with Crippen LogP contribution in [0, 0.1) is 0 Å². The largest absolute Gasteiger partial charge is 0.379 e. The molecule has 1 heterocycles. The van der Waals surface area contributed by atoms with Gasteiger partial charge in [-0.2, -0.15) is 0 Å². The van der Waals surface area contributed by atoms with Gasteiger partial charge in [0.05, 0.1) is 18.9 Å². The first kappa shape index (κ1) is 17.1. The molecule has 1 N–H and O–H groups in total. The van der Waals surface area contributed by atoms with Crippen molar-refractivity contribution in [2.45, 2.75) is 17.9 Å². The summed E-state index contributed by atoms with van der Waals surface area (Å²) in [5.41, 5.74) is 0.867. The molecule has 0 radical (unpaired) electrons. The van der Waals surface area contributed by atoms with Crippen LogP contribution < -0.4 is 5.32 Å². The van der Waals surface area contributed by atoms with Crippen molar-refractivity contribution in [3.8, 4) is 0 Å². The van der Waals surface area contributed by atoms with Gasteiger partial charge in [0.1, 0.15) is 0 Å². The Morgan fingerprint density at radius 2 is 2.09 bits per heavy atom. The molecule has 6 heteroatoms. The Balaban J connectivity index is 1.88. The summed E-state index contributed by atoms with van der Waals surface area (Å²) in [5, 5.41) is 2.99. The van der Waals surface area contributed by atoms with E-state index in [0.717, 1.165) is 36.9 Å². The number of thioether (sulfide) groups is 1. The maximum absolute atomic E-state index is 12.4. The van der Waals surface area contributed by atoms with E-state index in [1.165, 1.54) is 0 Å². The highest BCUT2D eigenvalue weighted by atomic mass is 32.2. The molecule has 0 saturated carbocycles. The number of carbonyl (C=O) groups excluding carboxylic acids is 1. The number of morpholine rings is 1. The SMILES string of the molecule is CSc1ccccc1NC(=O)N(C)CC(C)N1CCOCC1. The van der Waals surface area contributed by atoms with Crippen molar-refractivity contribution in [3.63, 3.8) is 0 Å². The number of benzene rings is 1. The lowest BCUT2D eigenvalue weighted by molar-refractivity contribution is 0.0164. The van der Waals surface area contributed by atoms with Crippen molar-refractivity contribution >= 4 is 23.5 Å². The molecule has 0 aromatic heterocycles. The lowest BCUT2D eigenvalue weighted by Crippen LogP contribution is -2.48. The fraction of sp³-hybridized carbons (Fsp3) is 0.562. The summed E-state index contributed by atoms with van der Waals surface area (Å²) in [5.74, 6) is 0. The quantitative estimate of drug-likeness (QED) is 0.846. The minimum Gasteiger partial charge on any atom is -0.379 e. The zero-order valence-corrected chi connectivity index (χ0v) is 14.4. The third-order valence-corrected chi connectivity index (χ3v) is 4.70. The van der Waals surface area contributed by atoms with Crippen LogP contribution in [0.25, 0.3) is 0 Å². The first-order valence-electron chi connectivity index (χ1n) is 7.58. The highest BCUT2D eigenvalue weighted by Gasteiger charge is 2.20. The van der Waals surface area contributed by atoms with Crippen LogP contribution in [0.15, 0.2) is 29.2 Å². The van der Waals surface area contributed by atoms with E-state index >= 15 is 0 Å². The molecule has 122 valence electrons. The number of hydrogen-bond acceptors (Lipinski definition) is 4. The van der Waals surface area contributed by atoms with Crippen LogP contribution in [-0.4, -0.2) is 68.0 Å². The molecule has 5 nitrogen and oxygen atoms in total. The van der Waals surface area contributed by atoms with E-state index in [0.29, 0.717) is 12.6 Å². The van der Waals surface area contributed by atoms with E-state index in [1.54, 1.807) is 16.7 Å². The molecule has 1 aromatic carbocycles. The van der Waals surface area contributed by atoms with Gasteiger partial charge < -0.3 is 15.0 Å². The van der Waals surface area contributed by atoms with Crippen LogP contribution >= 0.6 is 11.8 Å². The standard InChI is InChI=1S/C16H25N3O2S/c1-13(19-8-10-21-11-9-19)12-18(2)16(20)17-14-6-4-5-7-15(14)22-3/h4-7,13H,8-12H2,1-3H3,(H,17,20). The summed E-state index contributed by atoms with van der Waals surface area (Å²) in [6, 6.07) is 8.12. The molecule has 1 aliphatic rings. The fourth-order valence-corrected chi connectivity index (χ4v) is 3.13. The smallest absolute Gasteiger partial charge is 0.321 e. The molecule has 1 atom stereocenters. The van der Waals surface area contributed by atoms with Gasteiger partial charge in [-0.25, -0.2) is 4.79 Å². The van der Waals surface area contributed by atoms with E-state index in [1.807, 2.05) is 37.6 Å². The first-order chi connectivity index (χ1) is 10.6. The molecule has 1 aromatic rings. The zero-order chi connectivity index (χ0) is 15.9. The van der Waals surface area contributed by atoms with Crippen molar-refractivity contribution in [1.82, 2.24) is 9.80 Å². The van der Waals surface area contributed by atoms with E-state index in [2.05, 4.69) is 17.1 Å². The van der Waals surface area contributed by atoms with E-state index in [-0.39, 0.29) is 6.03 Å². The number of urea groups is 1. The van der Waals surface area contributed by atoms with Crippen LogP contribution in [0.5, 0.6) is 0 Å². The van der Waals surface area contributed by atoms with E-state index < -0.39 is 0 Å². The van der Waals surface area contributed by atoms with E-state index in [9.17, 15) is 4.79 Å². The molecule has 1 saturated heterocycles. The second-order valence-electron chi connectivity index (χ2n) is 5.51. The minimum absolute atomic E-state index is 0.0680. The molecular formula is C16H25N3O2S. The summed E-state index contributed by atoms with van der Waals surface area (Å²) in [7, 11) is 1.84. The average molecular weight is 323 g/mol. The topological polar surface area (TPSA) is 44.8 Å². The Labute approximate surface area is 137 Å². The van der Waals surface area contributed by atoms with Crippen molar-refractivity contribution in [2.24, 2.45) is 0 Å². The number of para-hydroxylation sites is 1. The van der Waals surface area contributed by atoms with E-state index in [4.69, 9.17) is 4.74 Å². The summed E-state index contributed by atoms with van der Waals surface area (Å²) < 4.78 is 5.37. The lowest BCUT2D eigenvalue weighted by atomic mass is 10.2. The highest BCUT2D eigenvalue weighted by molar-refractivity contribution is 7.98. The Kier molecular flexibility index (Phi) is 6.54. The van der Waals surface area contributed by atoms with Crippen molar-refractivity contribution < 1.29 is 9.53 Å². The molecule has 1 fully saturated rings. The number of rotatable bonds is 5. The number of nitrogens with one attached hydrogen (secondary N) is 1. The number of hydrogen-bond donors (Lipinski definition) is 1. The van der Waals surface area contributed by atoms with Crippen molar-refractivity contribution in [2.75, 3.05) is 51.5 Å². The summed E-state index contributed by atoms with van der Waals surface area (Å²) in [6.45, 7) is 6.29. The second-order valence-corrected chi connectivity index (χ2v) is 6.36. The Morgan fingerprint density at radius 3 is 2.77 bits per heavy atom. The van der Waals surface area contributed by atoms with Gasteiger partial charge in [-0.1, -0.05) is 12.1 Å². The first-order valence-corrected chi connectivity index (χ1v) is 8.81. The molecule has 0 aliphatic carbocycles. The van der Waals surface area contributed by atoms with Gasteiger partial charge in [0.25, 0.3) is 0 Å². The van der Waals surface area contributed by atoms with Crippen LogP contribution in [0.2, 0.25) is 0 Å². The maximum Gasteiger partial charge on any atom is 0.321 e. The number of ether oxygens (including phenoxy) is 1. The Morgan fingerprint density at radius 1 is 1.41 bits per heavy atom. The maximum atomic E-state index is 12.4. The Hall–Kier alpha value is -1.24. The van der Waals surface area contributed by atoms with Gasteiger partial charge in [0.2, 0.25) is 0 Å². The average Bonchev–Trinajstić information content (AvgIpc) is 2.56. The number of likely N-dealkylation sites (N-methyl/N-ethyl adjacent to an activating group) is 1. The van der Waals surface area contributed by atoms with Gasteiger partial charge in [-0.3, -0.25) is 4.90 Å². The van der Waals surface area contributed by atoms with Crippen LogP contribution in [0.1, 0.15) is 6.92 Å². The van der Waals surface area contributed by atoms with Gasteiger partial charge in [0.15, 0.2) is 0 Å². The predicted octanol–water partition coefficient (Wildman–Crippen LogP) is 2.59. The fourth-order valence-electron chi connectivity index (χ4n) is 2.57. The van der Waals surface area contributed by atoms with Gasteiger partial charge in [-0.05, 0) is 25.3 Å². The molecule has 22 heavy (non-hydrogen) atoms. The van der Waals surface area contributed by atoms with Gasteiger partial charge in [0, 0.05) is 37.6 Å². The van der Waals surface area contributed by atoms with Gasteiger partial charge >= 0.3 is 6.03 Å². The van der Waals surface area contributed by atoms with Crippen LogP contribution in [-0.2, 0) is 4.74 Å². The number of carbonyl (C=O) groups is 1. The van der Waals surface area contributed by atoms with Crippen molar-refractivity contribution in [1.29, 1.82) is 0 Å². The zero-order valence-electron chi connectivity index (χ0n) is 13.5. The Bertz CT molecular complexity index is 492. The molecule has 2 rings (SSSR count). The van der Waals surface area contributed by atoms with Crippen LogP contribution in [0.4, 0.5) is 10.5 Å². The molecule has 1 unspecified atom stereocenters. The molecule has 0 bridgehead atoms. The predicted molar refractivity (Wildman–Crippen MR) is 91.7 cm³/mol. The number of nitrogens with zero attached hydrogens (tertiary/aromatic N) is 2. The van der Waals surface area contributed by atoms with Gasteiger partial charge in [-0.15, -0.1) is 11.8 Å². The summed E-state index contributed by atoms with van der Waals surface area (Å²) in [6.07, 6.45) is 2.01. The third kappa shape index (κ3) is 4.63. The third-order valence-electron chi connectivity index (χ3n) is 3.90. The molecule has 2 amide bonds. The monoisotopic (exact) mass is 323 g/mol. The summed E-state index contributed by atoms with van der Waals surface area (Å²) in [4.78, 5) is 17.5. The normalized spacial score (nSPS) is 17.0.